The molecule has 0 saturated heterocycles. The molecule has 0 radical (unpaired) electrons. The van der Waals surface area contributed by atoms with Crippen LogP contribution in [-0.2, 0) is 13.1 Å². The van der Waals surface area contributed by atoms with Crippen molar-refractivity contribution in [2.45, 2.75) is 13.1 Å². The van der Waals surface area contributed by atoms with Crippen LogP contribution in [0.1, 0.15) is 11.1 Å². The molecule has 14 heavy (non-hydrogen) atoms. The first-order valence-corrected chi connectivity index (χ1v) is 3.99. The molecule has 0 spiro atoms. The van der Waals surface area contributed by atoms with Crippen LogP contribution < -0.4 is 0 Å². The van der Waals surface area contributed by atoms with Gasteiger partial charge in [0, 0.05) is 12.4 Å². The van der Waals surface area contributed by atoms with Gasteiger partial charge in [-0.2, -0.15) is 0 Å². The molecule has 0 atom stereocenters. The summed E-state index contributed by atoms with van der Waals surface area (Å²) in [7, 11) is 0. The van der Waals surface area contributed by atoms with E-state index in [1.54, 1.807) is 0 Å². The van der Waals surface area contributed by atoms with Crippen LogP contribution in [0.25, 0.3) is 0 Å². The summed E-state index contributed by atoms with van der Waals surface area (Å²) in [5.74, 6) is 0. The van der Waals surface area contributed by atoms with Crippen LogP contribution in [0.5, 0.6) is 0 Å². The molecule has 1 aromatic heterocycles. The van der Waals surface area contributed by atoms with Gasteiger partial charge in [0.25, 0.3) is 0 Å². The summed E-state index contributed by atoms with van der Waals surface area (Å²) >= 11 is 0. The fourth-order valence-electron chi connectivity index (χ4n) is 1.54. The molecule has 0 aliphatic carbocycles. The second kappa shape index (κ2) is 2.76. The van der Waals surface area contributed by atoms with Crippen molar-refractivity contribution in [3.8, 4) is 0 Å². The number of carbonyl (C=O) groups is 2. The van der Waals surface area contributed by atoms with Gasteiger partial charge in [-0.25, -0.2) is 9.59 Å². The number of fused-ring (bicyclic) bond motifs is 1. The van der Waals surface area contributed by atoms with Crippen molar-refractivity contribution >= 4 is 12.2 Å². The number of hydrogen-bond donors (Lipinski definition) is 2. The van der Waals surface area contributed by atoms with Gasteiger partial charge < -0.3 is 10.2 Å². The SMILES string of the molecule is O=C(O)N1Cc2cn(C(=O)O)cc2C1. The normalized spacial score (nSPS) is 14.1. The highest BCUT2D eigenvalue weighted by Crippen LogP contribution is 2.23. The smallest absolute Gasteiger partial charge is 0.415 e. The fraction of sp³-hybridized carbons (Fsp3) is 0.250. The molecule has 0 fully saturated rings. The maximum Gasteiger partial charge on any atom is 0.415 e. The van der Waals surface area contributed by atoms with Gasteiger partial charge in [0.15, 0.2) is 0 Å². The summed E-state index contributed by atoms with van der Waals surface area (Å²) in [5, 5.41) is 17.3. The van der Waals surface area contributed by atoms with E-state index in [-0.39, 0.29) is 13.1 Å². The third kappa shape index (κ3) is 1.20. The zero-order valence-corrected chi connectivity index (χ0v) is 7.17. The molecular weight excluding hydrogens is 188 g/mol. The summed E-state index contributed by atoms with van der Waals surface area (Å²) in [5.41, 5.74) is 1.52. The van der Waals surface area contributed by atoms with Crippen LogP contribution in [-0.4, -0.2) is 31.9 Å². The first-order valence-electron chi connectivity index (χ1n) is 3.99. The number of aromatic nitrogens is 1. The lowest BCUT2D eigenvalue weighted by Gasteiger charge is -2.09. The Kier molecular flexibility index (Phi) is 1.70. The maximum absolute atomic E-state index is 10.6. The Morgan fingerprint density at radius 2 is 1.57 bits per heavy atom. The van der Waals surface area contributed by atoms with E-state index in [4.69, 9.17) is 10.2 Å². The van der Waals surface area contributed by atoms with Gasteiger partial charge in [-0.15, -0.1) is 0 Å². The highest BCUT2D eigenvalue weighted by Gasteiger charge is 2.25. The predicted molar refractivity (Wildman–Crippen MR) is 45.1 cm³/mol. The Labute approximate surface area is 79.0 Å². The summed E-state index contributed by atoms with van der Waals surface area (Å²) in [6.07, 6.45) is 0.852. The Morgan fingerprint density at radius 1 is 1.07 bits per heavy atom. The van der Waals surface area contributed by atoms with Crippen LogP contribution in [0.4, 0.5) is 9.59 Å². The fourth-order valence-corrected chi connectivity index (χ4v) is 1.54. The van der Waals surface area contributed by atoms with E-state index in [0.29, 0.717) is 0 Å². The Morgan fingerprint density at radius 3 is 1.93 bits per heavy atom. The van der Waals surface area contributed by atoms with Crippen LogP contribution in [0.3, 0.4) is 0 Å². The monoisotopic (exact) mass is 196 g/mol. The Bertz CT molecular complexity index is 386. The van der Waals surface area contributed by atoms with Crippen molar-refractivity contribution in [1.29, 1.82) is 0 Å². The minimum Gasteiger partial charge on any atom is -0.465 e. The predicted octanol–water partition coefficient (Wildman–Crippen LogP) is 1.01. The summed E-state index contributed by atoms with van der Waals surface area (Å²) in [6, 6.07) is 0. The Balaban J connectivity index is 2.24. The maximum atomic E-state index is 10.6. The van der Waals surface area contributed by atoms with Gasteiger partial charge in [0.05, 0.1) is 13.1 Å². The highest BCUT2D eigenvalue weighted by atomic mass is 16.4. The molecule has 0 unspecified atom stereocenters. The van der Waals surface area contributed by atoms with Crippen molar-refractivity contribution in [1.82, 2.24) is 9.47 Å². The lowest BCUT2D eigenvalue weighted by Crippen LogP contribution is -2.23. The molecule has 2 heterocycles. The van der Waals surface area contributed by atoms with Gasteiger partial charge in [-0.05, 0) is 11.1 Å². The average molecular weight is 196 g/mol. The minimum absolute atomic E-state index is 0.269. The molecule has 0 bridgehead atoms. The molecule has 1 aliphatic rings. The standard InChI is InChI=1S/C8H8N2O4/c11-7(12)9-1-5-2-10(8(13)14)4-6(5)3-9/h1,3H,2,4H2,(H,11,12)(H,13,14). The number of amides is 1. The molecule has 6 heteroatoms. The molecule has 74 valence electrons. The van der Waals surface area contributed by atoms with Crippen molar-refractivity contribution < 1.29 is 19.8 Å². The van der Waals surface area contributed by atoms with Crippen LogP contribution >= 0.6 is 0 Å². The van der Waals surface area contributed by atoms with E-state index in [2.05, 4.69) is 0 Å². The molecule has 2 rings (SSSR count). The van der Waals surface area contributed by atoms with Crippen LogP contribution in [0.15, 0.2) is 12.4 Å². The molecule has 1 amide bonds. The largest absolute Gasteiger partial charge is 0.465 e. The third-order valence-corrected chi connectivity index (χ3v) is 2.22. The lowest BCUT2D eigenvalue weighted by atomic mass is 10.2. The summed E-state index contributed by atoms with van der Waals surface area (Å²) < 4.78 is 1.05. The third-order valence-electron chi connectivity index (χ3n) is 2.22. The minimum atomic E-state index is -1.05. The zero-order chi connectivity index (χ0) is 10.3. The van der Waals surface area contributed by atoms with Gasteiger partial charge in [-0.1, -0.05) is 0 Å². The van der Waals surface area contributed by atoms with E-state index in [1.165, 1.54) is 17.3 Å². The first kappa shape index (κ1) is 8.61. The molecule has 0 aromatic carbocycles. The number of nitrogens with zero attached hydrogens (tertiary/aromatic N) is 2. The molecule has 1 aliphatic heterocycles. The van der Waals surface area contributed by atoms with Crippen molar-refractivity contribution in [3.63, 3.8) is 0 Å². The van der Waals surface area contributed by atoms with E-state index < -0.39 is 12.2 Å². The van der Waals surface area contributed by atoms with Gasteiger partial charge in [-0.3, -0.25) is 9.47 Å². The zero-order valence-electron chi connectivity index (χ0n) is 7.17. The van der Waals surface area contributed by atoms with Crippen molar-refractivity contribution in [2.75, 3.05) is 0 Å². The highest BCUT2D eigenvalue weighted by molar-refractivity contribution is 5.70. The molecule has 0 saturated carbocycles. The van der Waals surface area contributed by atoms with Gasteiger partial charge in [0.1, 0.15) is 0 Å². The molecule has 6 nitrogen and oxygen atoms in total. The average Bonchev–Trinajstić information content (AvgIpc) is 2.57. The molecule has 2 N–H and O–H groups in total. The lowest BCUT2D eigenvalue weighted by molar-refractivity contribution is 0.145. The first-order chi connectivity index (χ1) is 6.58. The van der Waals surface area contributed by atoms with Crippen LogP contribution in [0.2, 0.25) is 0 Å². The second-order valence-electron chi connectivity index (χ2n) is 3.14. The molecular formula is C8H8N2O4. The quantitative estimate of drug-likeness (QED) is 0.648. The number of carboxylic acid groups (broad SMARTS) is 2. The number of hydrogen-bond acceptors (Lipinski definition) is 2. The van der Waals surface area contributed by atoms with Gasteiger partial charge in [0.2, 0.25) is 0 Å². The summed E-state index contributed by atoms with van der Waals surface area (Å²) in [4.78, 5) is 22.4. The Hall–Kier alpha value is -1.98. The number of rotatable bonds is 0. The molecule has 1 aromatic rings. The van der Waals surface area contributed by atoms with Gasteiger partial charge >= 0.3 is 12.2 Å². The summed E-state index contributed by atoms with van der Waals surface area (Å²) in [6.45, 7) is 0.538. The van der Waals surface area contributed by atoms with Crippen molar-refractivity contribution in [2.24, 2.45) is 0 Å². The second-order valence-corrected chi connectivity index (χ2v) is 3.14. The van der Waals surface area contributed by atoms with Crippen molar-refractivity contribution in [3.05, 3.63) is 23.5 Å². The van der Waals surface area contributed by atoms with E-state index in [1.807, 2.05) is 0 Å². The van der Waals surface area contributed by atoms with E-state index in [9.17, 15) is 9.59 Å². The van der Waals surface area contributed by atoms with E-state index >= 15 is 0 Å². The van der Waals surface area contributed by atoms with Crippen LogP contribution in [0, 0.1) is 0 Å². The van der Waals surface area contributed by atoms with E-state index in [0.717, 1.165) is 15.7 Å². The topological polar surface area (TPSA) is 82.8 Å².